The molecule has 1 N–H and O–H groups in total. The minimum atomic E-state index is -0.678. The van der Waals surface area contributed by atoms with E-state index in [1.54, 1.807) is 29.2 Å². The van der Waals surface area contributed by atoms with Gasteiger partial charge in [-0.1, -0.05) is 24.3 Å². The average molecular weight is 480 g/mol. The highest BCUT2D eigenvalue weighted by Crippen LogP contribution is 2.40. The summed E-state index contributed by atoms with van der Waals surface area (Å²) >= 11 is 0. The van der Waals surface area contributed by atoms with Crippen molar-refractivity contribution in [2.45, 2.75) is 13.0 Å². The van der Waals surface area contributed by atoms with Gasteiger partial charge in [-0.05, 0) is 36.8 Å². The highest BCUT2D eigenvalue weighted by atomic mass is 16.5. The normalized spacial score (nSPS) is 20.3. The first-order chi connectivity index (χ1) is 16.9. The maximum atomic E-state index is 13.3. The zero-order valence-electron chi connectivity index (χ0n) is 20.6. The van der Waals surface area contributed by atoms with Gasteiger partial charge in [0.05, 0.1) is 31.4 Å². The molecule has 2 aromatic rings. The van der Waals surface area contributed by atoms with Gasteiger partial charge in [-0.25, -0.2) is 0 Å². The summed E-state index contributed by atoms with van der Waals surface area (Å²) in [5, 5.41) is 11.3. The molecular weight excluding hydrogens is 446 g/mol. The van der Waals surface area contributed by atoms with Crippen LogP contribution in [0, 0.1) is 0 Å². The van der Waals surface area contributed by atoms with Gasteiger partial charge in [0.25, 0.3) is 11.7 Å². The summed E-state index contributed by atoms with van der Waals surface area (Å²) in [6, 6.07) is 14.0. The number of ether oxygens (including phenoxy) is 2. The first-order valence-corrected chi connectivity index (χ1v) is 12.0. The van der Waals surface area contributed by atoms with Crippen LogP contribution < -0.4 is 9.64 Å². The molecule has 0 spiro atoms. The maximum absolute atomic E-state index is 13.3. The molecule has 35 heavy (non-hydrogen) atoms. The zero-order chi connectivity index (χ0) is 24.9. The summed E-state index contributed by atoms with van der Waals surface area (Å²) in [7, 11) is 3.91. The van der Waals surface area contributed by atoms with E-state index >= 15 is 0 Å². The monoisotopic (exact) mass is 479 g/mol. The Labute approximate surface area is 206 Å². The van der Waals surface area contributed by atoms with Crippen molar-refractivity contribution >= 4 is 23.1 Å². The fraction of sp³-hybridized carbons (Fsp3) is 0.407. The standard InChI is InChI=1S/C27H33N3O5/c1-4-35-22-7-5-6-20(18-22)25(31)23-24(19-8-10-21(11-9-19)28(2)3)30(27(33)26(23)32)13-12-29-14-16-34-17-15-29/h5-11,18,24,31H,4,12-17H2,1-3H3/b25-23+. The highest BCUT2D eigenvalue weighted by Gasteiger charge is 2.46. The minimum Gasteiger partial charge on any atom is -0.507 e. The van der Waals surface area contributed by atoms with Crippen LogP contribution in [-0.2, 0) is 14.3 Å². The Bertz CT molecular complexity index is 1090. The van der Waals surface area contributed by atoms with Gasteiger partial charge in [0.15, 0.2) is 0 Å². The molecule has 0 saturated carbocycles. The van der Waals surface area contributed by atoms with E-state index in [4.69, 9.17) is 9.47 Å². The Kier molecular flexibility index (Phi) is 7.73. The van der Waals surface area contributed by atoms with Crippen molar-refractivity contribution < 1.29 is 24.2 Å². The Morgan fingerprint density at radius 2 is 1.80 bits per heavy atom. The van der Waals surface area contributed by atoms with E-state index in [1.165, 1.54) is 0 Å². The Balaban J connectivity index is 1.74. The smallest absolute Gasteiger partial charge is 0.295 e. The average Bonchev–Trinajstić information content (AvgIpc) is 3.13. The number of Topliss-reactive ketones (excluding diaryl/α,β-unsaturated/α-hetero) is 1. The van der Waals surface area contributed by atoms with E-state index in [1.807, 2.05) is 50.2 Å². The molecule has 8 nitrogen and oxygen atoms in total. The first kappa shape index (κ1) is 24.8. The second kappa shape index (κ2) is 10.9. The number of aliphatic hydroxyl groups is 1. The molecular formula is C27H33N3O5. The summed E-state index contributed by atoms with van der Waals surface area (Å²) in [6.07, 6.45) is 0. The van der Waals surface area contributed by atoms with Crippen molar-refractivity contribution in [1.82, 2.24) is 9.80 Å². The molecule has 0 bridgehead atoms. The minimum absolute atomic E-state index is 0.100. The van der Waals surface area contributed by atoms with Crippen LogP contribution in [0.1, 0.15) is 24.1 Å². The Morgan fingerprint density at radius 3 is 2.46 bits per heavy atom. The number of hydrogen-bond donors (Lipinski definition) is 1. The molecule has 0 radical (unpaired) electrons. The molecule has 2 aromatic carbocycles. The SMILES string of the molecule is CCOc1cccc(/C(O)=C2\C(=O)C(=O)N(CCN3CCOCC3)C2c2ccc(N(C)C)cc2)c1. The number of carbonyl (C=O) groups is 2. The van der Waals surface area contributed by atoms with Gasteiger partial charge in [-0.3, -0.25) is 14.5 Å². The predicted octanol–water partition coefficient (Wildman–Crippen LogP) is 2.91. The number of benzene rings is 2. The number of aliphatic hydroxyl groups excluding tert-OH is 1. The van der Waals surface area contributed by atoms with Gasteiger partial charge in [0.2, 0.25) is 0 Å². The molecule has 2 fully saturated rings. The number of hydrogen-bond acceptors (Lipinski definition) is 7. The maximum Gasteiger partial charge on any atom is 0.295 e. The van der Waals surface area contributed by atoms with Crippen LogP contribution in [0.4, 0.5) is 5.69 Å². The van der Waals surface area contributed by atoms with E-state index in [0.29, 0.717) is 44.2 Å². The summed E-state index contributed by atoms with van der Waals surface area (Å²) < 4.78 is 11.0. The van der Waals surface area contributed by atoms with Crippen molar-refractivity contribution in [2.24, 2.45) is 0 Å². The van der Waals surface area contributed by atoms with Gasteiger partial charge in [0, 0.05) is 51.5 Å². The van der Waals surface area contributed by atoms with Crippen LogP contribution in [0.2, 0.25) is 0 Å². The molecule has 1 atom stereocenters. The molecule has 0 aliphatic carbocycles. The topological polar surface area (TPSA) is 82.5 Å². The second-order valence-corrected chi connectivity index (χ2v) is 8.89. The van der Waals surface area contributed by atoms with Crippen LogP contribution in [0.15, 0.2) is 54.1 Å². The lowest BCUT2D eigenvalue weighted by Crippen LogP contribution is -2.42. The third kappa shape index (κ3) is 5.33. The second-order valence-electron chi connectivity index (χ2n) is 8.89. The molecule has 4 rings (SSSR count). The lowest BCUT2D eigenvalue weighted by molar-refractivity contribution is -0.140. The highest BCUT2D eigenvalue weighted by molar-refractivity contribution is 6.46. The summed E-state index contributed by atoms with van der Waals surface area (Å²) in [5.74, 6) is -0.874. The Hall–Kier alpha value is -3.36. The lowest BCUT2D eigenvalue weighted by atomic mass is 9.95. The molecule has 2 heterocycles. The predicted molar refractivity (Wildman–Crippen MR) is 135 cm³/mol. The first-order valence-electron chi connectivity index (χ1n) is 12.0. The molecule has 2 aliphatic rings. The van der Waals surface area contributed by atoms with Gasteiger partial charge in [-0.2, -0.15) is 0 Å². The quantitative estimate of drug-likeness (QED) is 0.354. The summed E-state index contributed by atoms with van der Waals surface area (Å²) in [4.78, 5) is 32.3. The van der Waals surface area contributed by atoms with E-state index in [0.717, 1.165) is 24.3 Å². The third-order valence-electron chi connectivity index (χ3n) is 6.44. The van der Waals surface area contributed by atoms with Crippen LogP contribution in [-0.4, -0.2) is 86.7 Å². The van der Waals surface area contributed by atoms with Gasteiger partial charge in [-0.15, -0.1) is 0 Å². The van der Waals surface area contributed by atoms with Crippen LogP contribution in [0.25, 0.3) is 5.76 Å². The number of likely N-dealkylation sites (tertiary alicyclic amines) is 1. The van der Waals surface area contributed by atoms with Crippen LogP contribution in [0.5, 0.6) is 5.75 Å². The largest absolute Gasteiger partial charge is 0.507 e. The van der Waals surface area contributed by atoms with Crippen LogP contribution >= 0.6 is 0 Å². The van der Waals surface area contributed by atoms with Crippen molar-refractivity contribution in [3.8, 4) is 5.75 Å². The summed E-state index contributed by atoms with van der Waals surface area (Å²) in [5.41, 5.74) is 2.32. The number of rotatable bonds is 8. The van der Waals surface area contributed by atoms with E-state index in [2.05, 4.69) is 4.90 Å². The fourth-order valence-electron chi connectivity index (χ4n) is 4.54. The number of carbonyl (C=O) groups excluding carboxylic acids is 2. The van der Waals surface area contributed by atoms with Gasteiger partial charge >= 0.3 is 0 Å². The molecule has 1 amide bonds. The fourth-order valence-corrected chi connectivity index (χ4v) is 4.54. The number of anilines is 1. The summed E-state index contributed by atoms with van der Waals surface area (Å²) in [6.45, 7) is 6.25. The number of amides is 1. The Morgan fingerprint density at radius 1 is 1.09 bits per heavy atom. The van der Waals surface area contributed by atoms with Crippen LogP contribution in [0.3, 0.4) is 0 Å². The van der Waals surface area contributed by atoms with Gasteiger partial charge in [0.1, 0.15) is 11.5 Å². The van der Waals surface area contributed by atoms with Crippen molar-refractivity contribution in [2.75, 3.05) is 65.0 Å². The molecule has 2 saturated heterocycles. The van der Waals surface area contributed by atoms with Crippen molar-refractivity contribution in [3.63, 3.8) is 0 Å². The van der Waals surface area contributed by atoms with E-state index in [9.17, 15) is 14.7 Å². The molecule has 2 aliphatic heterocycles. The van der Waals surface area contributed by atoms with Crippen molar-refractivity contribution in [3.05, 3.63) is 65.2 Å². The van der Waals surface area contributed by atoms with E-state index in [-0.39, 0.29) is 11.3 Å². The molecule has 8 heteroatoms. The number of morpholine rings is 1. The third-order valence-corrected chi connectivity index (χ3v) is 6.44. The van der Waals surface area contributed by atoms with Crippen molar-refractivity contribution in [1.29, 1.82) is 0 Å². The molecule has 186 valence electrons. The molecule has 1 unspecified atom stereocenters. The van der Waals surface area contributed by atoms with Gasteiger partial charge < -0.3 is 24.4 Å². The van der Waals surface area contributed by atoms with E-state index < -0.39 is 17.7 Å². The molecule has 0 aromatic heterocycles. The number of ketones is 1. The number of nitrogens with zero attached hydrogens (tertiary/aromatic N) is 3. The lowest BCUT2D eigenvalue weighted by Gasteiger charge is -2.31. The zero-order valence-corrected chi connectivity index (χ0v) is 20.6.